The van der Waals surface area contributed by atoms with E-state index in [0.717, 1.165) is 19.5 Å². The monoisotopic (exact) mass is 382 g/mol. The van der Waals surface area contributed by atoms with E-state index in [4.69, 9.17) is 14.2 Å². The van der Waals surface area contributed by atoms with Crippen LogP contribution in [0.4, 0.5) is 5.69 Å². The highest BCUT2D eigenvalue weighted by atomic mass is 16.5. The SMILES string of the molecule is COc1cc(NC(=O)CN2CC=C(c3ccccc3)CC2)cc(OC)c1OC. The van der Waals surface area contributed by atoms with Crippen molar-refractivity contribution in [3.8, 4) is 17.2 Å². The number of anilines is 1. The van der Waals surface area contributed by atoms with Crippen molar-refractivity contribution in [2.24, 2.45) is 0 Å². The minimum atomic E-state index is -0.0779. The highest BCUT2D eigenvalue weighted by molar-refractivity contribution is 5.93. The van der Waals surface area contributed by atoms with Crippen LogP contribution in [0.15, 0.2) is 48.5 Å². The van der Waals surface area contributed by atoms with Gasteiger partial charge in [0, 0.05) is 30.9 Å². The molecule has 3 rings (SSSR count). The van der Waals surface area contributed by atoms with Gasteiger partial charge in [-0.2, -0.15) is 0 Å². The predicted molar refractivity (Wildman–Crippen MR) is 110 cm³/mol. The molecule has 148 valence electrons. The highest BCUT2D eigenvalue weighted by Crippen LogP contribution is 2.39. The molecule has 6 nitrogen and oxygen atoms in total. The molecule has 0 unspecified atom stereocenters. The van der Waals surface area contributed by atoms with Crippen molar-refractivity contribution < 1.29 is 19.0 Å². The van der Waals surface area contributed by atoms with Crippen LogP contribution in [0, 0.1) is 0 Å². The van der Waals surface area contributed by atoms with Gasteiger partial charge in [-0.1, -0.05) is 36.4 Å². The summed E-state index contributed by atoms with van der Waals surface area (Å²) in [5.41, 5.74) is 3.20. The standard InChI is InChI=1S/C22H26N2O4/c1-26-19-13-18(14-20(27-2)22(19)28-3)23-21(25)15-24-11-9-17(10-12-24)16-7-5-4-6-8-16/h4-9,13-14H,10-12,15H2,1-3H3,(H,23,25). The first-order chi connectivity index (χ1) is 13.6. The maximum absolute atomic E-state index is 12.5. The lowest BCUT2D eigenvalue weighted by Gasteiger charge is -2.26. The Morgan fingerprint density at radius 1 is 1.04 bits per heavy atom. The molecule has 2 aromatic carbocycles. The topological polar surface area (TPSA) is 60.0 Å². The maximum atomic E-state index is 12.5. The summed E-state index contributed by atoms with van der Waals surface area (Å²) in [4.78, 5) is 14.6. The summed E-state index contributed by atoms with van der Waals surface area (Å²) in [6.07, 6.45) is 3.13. The number of ether oxygens (including phenoxy) is 3. The van der Waals surface area contributed by atoms with Crippen molar-refractivity contribution in [3.63, 3.8) is 0 Å². The number of carbonyl (C=O) groups is 1. The molecule has 0 atom stereocenters. The zero-order valence-corrected chi connectivity index (χ0v) is 16.5. The van der Waals surface area contributed by atoms with Gasteiger partial charge in [-0.3, -0.25) is 9.69 Å². The Morgan fingerprint density at radius 3 is 2.25 bits per heavy atom. The molecule has 1 N–H and O–H groups in total. The van der Waals surface area contributed by atoms with E-state index in [1.165, 1.54) is 11.1 Å². The molecule has 0 fully saturated rings. The van der Waals surface area contributed by atoms with Gasteiger partial charge in [0.05, 0.1) is 27.9 Å². The Hall–Kier alpha value is -2.99. The molecule has 1 amide bonds. The quantitative estimate of drug-likeness (QED) is 0.795. The third-order valence-electron chi connectivity index (χ3n) is 4.75. The van der Waals surface area contributed by atoms with E-state index in [9.17, 15) is 4.79 Å². The number of nitrogens with zero attached hydrogens (tertiary/aromatic N) is 1. The van der Waals surface area contributed by atoms with Gasteiger partial charge in [-0.25, -0.2) is 0 Å². The van der Waals surface area contributed by atoms with Crippen LogP contribution in [-0.2, 0) is 4.79 Å². The summed E-state index contributed by atoms with van der Waals surface area (Å²) < 4.78 is 16.0. The number of benzene rings is 2. The first-order valence-corrected chi connectivity index (χ1v) is 9.21. The summed E-state index contributed by atoms with van der Waals surface area (Å²) in [7, 11) is 4.65. The predicted octanol–water partition coefficient (Wildman–Crippen LogP) is 3.44. The molecular weight excluding hydrogens is 356 g/mol. The van der Waals surface area contributed by atoms with Crippen LogP contribution in [0.1, 0.15) is 12.0 Å². The van der Waals surface area contributed by atoms with Crippen LogP contribution in [-0.4, -0.2) is 51.8 Å². The van der Waals surface area contributed by atoms with Gasteiger partial charge in [-0.05, 0) is 17.6 Å². The molecule has 2 aromatic rings. The van der Waals surface area contributed by atoms with E-state index in [1.807, 2.05) is 18.2 Å². The molecule has 28 heavy (non-hydrogen) atoms. The third-order valence-corrected chi connectivity index (χ3v) is 4.75. The Labute approximate surface area is 165 Å². The summed E-state index contributed by atoms with van der Waals surface area (Å²) in [6, 6.07) is 13.8. The van der Waals surface area contributed by atoms with Gasteiger partial charge in [-0.15, -0.1) is 0 Å². The van der Waals surface area contributed by atoms with E-state index in [0.29, 0.717) is 29.5 Å². The number of hydrogen-bond donors (Lipinski definition) is 1. The van der Waals surface area contributed by atoms with Crippen LogP contribution in [0.3, 0.4) is 0 Å². The molecule has 0 bridgehead atoms. The Morgan fingerprint density at radius 2 is 1.71 bits per heavy atom. The van der Waals surface area contributed by atoms with Gasteiger partial charge in [0.15, 0.2) is 11.5 Å². The summed E-state index contributed by atoms with van der Waals surface area (Å²) in [5.74, 6) is 1.43. The molecule has 1 heterocycles. The Balaban J connectivity index is 1.61. The van der Waals surface area contributed by atoms with Gasteiger partial charge >= 0.3 is 0 Å². The lowest BCUT2D eigenvalue weighted by Crippen LogP contribution is -2.36. The highest BCUT2D eigenvalue weighted by Gasteiger charge is 2.18. The number of nitrogens with one attached hydrogen (secondary N) is 1. The fraction of sp³-hybridized carbons (Fsp3) is 0.318. The molecule has 1 aliphatic rings. The van der Waals surface area contributed by atoms with Crippen LogP contribution >= 0.6 is 0 Å². The van der Waals surface area contributed by atoms with Gasteiger partial charge in [0.25, 0.3) is 0 Å². The average molecular weight is 382 g/mol. The third kappa shape index (κ3) is 4.64. The van der Waals surface area contributed by atoms with Crippen molar-refractivity contribution in [2.75, 3.05) is 46.3 Å². The second-order valence-electron chi connectivity index (χ2n) is 6.54. The Bertz CT molecular complexity index is 824. The minimum absolute atomic E-state index is 0.0779. The lowest BCUT2D eigenvalue weighted by atomic mass is 10.00. The molecule has 0 aromatic heterocycles. The van der Waals surface area contributed by atoms with Crippen LogP contribution in [0.2, 0.25) is 0 Å². The van der Waals surface area contributed by atoms with Crippen molar-refractivity contribution in [3.05, 3.63) is 54.1 Å². The van der Waals surface area contributed by atoms with Crippen molar-refractivity contribution in [1.82, 2.24) is 4.90 Å². The largest absolute Gasteiger partial charge is 0.493 e. The van der Waals surface area contributed by atoms with Crippen molar-refractivity contribution in [2.45, 2.75) is 6.42 Å². The summed E-state index contributed by atoms with van der Waals surface area (Å²) in [6.45, 7) is 1.94. The van der Waals surface area contributed by atoms with E-state index in [2.05, 4.69) is 28.4 Å². The number of hydrogen-bond acceptors (Lipinski definition) is 5. The number of carbonyl (C=O) groups excluding carboxylic acids is 1. The maximum Gasteiger partial charge on any atom is 0.238 e. The summed E-state index contributed by atoms with van der Waals surface area (Å²) >= 11 is 0. The van der Waals surface area contributed by atoms with Crippen molar-refractivity contribution in [1.29, 1.82) is 0 Å². The summed E-state index contributed by atoms with van der Waals surface area (Å²) in [5, 5.41) is 2.92. The van der Waals surface area contributed by atoms with Crippen LogP contribution in [0.25, 0.3) is 5.57 Å². The second-order valence-corrected chi connectivity index (χ2v) is 6.54. The smallest absolute Gasteiger partial charge is 0.238 e. The number of amides is 1. The van der Waals surface area contributed by atoms with Gasteiger partial charge in [0.1, 0.15) is 0 Å². The molecular formula is C22H26N2O4. The molecule has 0 spiro atoms. The van der Waals surface area contributed by atoms with Crippen molar-refractivity contribution >= 4 is 17.2 Å². The van der Waals surface area contributed by atoms with Gasteiger partial charge < -0.3 is 19.5 Å². The first-order valence-electron chi connectivity index (χ1n) is 9.21. The second kappa shape index (κ2) is 9.28. The fourth-order valence-electron chi connectivity index (χ4n) is 3.33. The van der Waals surface area contributed by atoms with E-state index >= 15 is 0 Å². The zero-order valence-electron chi connectivity index (χ0n) is 16.5. The fourth-order valence-corrected chi connectivity index (χ4v) is 3.33. The molecule has 0 radical (unpaired) electrons. The molecule has 0 saturated heterocycles. The average Bonchev–Trinajstić information content (AvgIpc) is 2.74. The Kier molecular flexibility index (Phi) is 6.55. The zero-order chi connectivity index (χ0) is 19.9. The molecule has 0 saturated carbocycles. The number of methoxy groups -OCH3 is 3. The van der Waals surface area contributed by atoms with Crippen LogP contribution in [0.5, 0.6) is 17.2 Å². The first kappa shape index (κ1) is 19.8. The molecule has 0 aliphatic carbocycles. The molecule has 1 aliphatic heterocycles. The van der Waals surface area contributed by atoms with E-state index in [-0.39, 0.29) is 5.91 Å². The molecule has 6 heteroatoms. The van der Waals surface area contributed by atoms with Crippen LogP contribution < -0.4 is 19.5 Å². The number of rotatable bonds is 7. The van der Waals surface area contributed by atoms with E-state index < -0.39 is 0 Å². The van der Waals surface area contributed by atoms with E-state index in [1.54, 1.807) is 33.5 Å². The lowest BCUT2D eigenvalue weighted by molar-refractivity contribution is -0.117. The normalized spacial score (nSPS) is 14.2. The van der Waals surface area contributed by atoms with Gasteiger partial charge in [0.2, 0.25) is 11.7 Å². The minimum Gasteiger partial charge on any atom is -0.493 e.